The quantitative estimate of drug-likeness (QED) is 0.700. The number of carbonyl (C=O) groups excluding carboxylic acids is 3. The average Bonchev–Trinajstić information content (AvgIpc) is 3.23. The van der Waals surface area contributed by atoms with Crippen LogP contribution >= 0.6 is 11.8 Å². The maximum absolute atomic E-state index is 12.1. The van der Waals surface area contributed by atoms with Crippen LogP contribution in [-0.2, 0) is 16.0 Å². The van der Waals surface area contributed by atoms with Gasteiger partial charge in [0.2, 0.25) is 5.91 Å². The molecule has 150 valence electrons. The van der Waals surface area contributed by atoms with Crippen LogP contribution in [-0.4, -0.2) is 41.7 Å². The fourth-order valence-electron chi connectivity index (χ4n) is 3.13. The number of thioether (sulfide) groups is 1. The van der Waals surface area contributed by atoms with Crippen molar-refractivity contribution in [2.24, 2.45) is 0 Å². The van der Waals surface area contributed by atoms with Crippen molar-refractivity contribution in [1.82, 2.24) is 5.32 Å². The number of cyclic esters (lactones) is 1. The van der Waals surface area contributed by atoms with Crippen LogP contribution in [0.25, 0.3) is 0 Å². The molecule has 29 heavy (non-hydrogen) atoms. The molecule has 2 unspecified atom stereocenters. The van der Waals surface area contributed by atoms with E-state index in [1.807, 2.05) is 12.1 Å². The van der Waals surface area contributed by atoms with Crippen LogP contribution in [0.4, 0.5) is 21.0 Å². The van der Waals surface area contributed by atoms with E-state index in [4.69, 9.17) is 15.2 Å². The molecule has 0 saturated carbocycles. The fraction of sp³-hybridized carbons (Fsp3) is 0.250. The Balaban J connectivity index is 1.29. The Hall–Kier alpha value is -3.20. The van der Waals surface area contributed by atoms with E-state index < -0.39 is 11.3 Å². The van der Waals surface area contributed by atoms with Gasteiger partial charge in [0, 0.05) is 11.4 Å². The van der Waals surface area contributed by atoms with E-state index in [0.717, 1.165) is 23.0 Å². The number of nitrogens with two attached hydrogens (primary N) is 1. The first-order valence-corrected chi connectivity index (χ1v) is 9.93. The van der Waals surface area contributed by atoms with Crippen molar-refractivity contribution in [3.05, 3.63) is 54.1 Å². The fourth-order valence-corrected chi connectivity index (χ4v) is 3.99. The summed E-state index contributed by atoms with van der Waals surface area (Å²) in [5.74, 6) is 0.379. The number of imide groups is 1. The third-order valence-electron chi connectivity index (χ3n) is 4.63. The minimum atomic E-state index is -0.416. The van der Waals surface area contributed by atoms with Gasteiger partial charge in [0.25, 0.3) is 5.24 Å². The summed E-state index contributed by atoms with van der Waals surface area (Å²) in [6.45, 7) is 0.620. The molecule has 4 rings (SSSR count). The summed E-state index contributed by atoms with van der Waals surface area (Å²) in [5, 5.41) is 1.58. The molecule has 2 aromatic carbocycles. The van der Waals surface area contributed by atoms with Gasteiger partial charge in [-0.2, -0.15) is 0 Å². The van der Waals surface area contributed by atoms with E-state index >= 15 is 0 Å². The molecule has 0 aliphatic carbocycles. The number of benzene rings is 2. The smallest absolute Gasteiger partial charge is 0.414 e. The van der Waals surface area contributed by atoms with Crippen molar-refractivity contribution in [1.29, 1.82) is 0 Å². The molecule has 2 fully saturated rings. The van der Waals surface area contributed by atoms with Crippen LogP contribution < -0.4 is 20.7 Å². The molecule has 2 saturated heterocycles. The Bertz CT molecular complexity index is 932. The van der Waals surface area contributed by atoms with Crippen molar-refractivity contribution < 1.29 is 23.9 Å². The van der Waals surface area contributed by atoms with Gasteiger partial charge in [-0.25, -0.2) is 4.79 Å². The van der Waals surface area contributed by atoms with E-state index in [0.29, 0.717) is 24.4 Å². The molecule has 0 aromatic heterocycles. The number of nitrogen functional groups attached to an aromatic ring is 1. The van der Waals surface area contributed by atoms with Crippen LogP contribution in [0.2, 0.25) is 0 Å². The van der Waals surface area contributed by atoms with Gasteiger partial charge >= 0.3 is 6.09 Å². The normalized spacial score (nSPS) is 21.2. The van der Waals surface area contributed by atoms with Gasteiger partial charge in [-0.3, -0.25) is 19.8 Å². The van der Waals surface area contributed by atoms with Gasteiger partial charge in [0.05, 0.1) is 11.8 Å². The van der Waals surface area contributed by atoms with E-state index in [9.17, 15) is 14.4 Å². The maximum Gasteiger partial charge on any atom is 0.414 e. The second-order valence-corrected chi connectivity index (χ2v) is 7.93. The average molecular weight is 413 g/mol. The molecule has 2 aliphatic heterocycles. The second-order valence-electron chi connectivity index (χ2n) is 6.75. The molecule has 2 aromatic rings. The van der Waals surface area contributed by atoms with Gasteiger partial charge in [-0.15, -0.1) is 0 Å². The molecular weight excluding hydrogens is 394 g/mol. The molecule has 2 aliphatic rings. The largest absolute Gasteiger partial charge is 0.490 e. The molecule has 9 heteroatoms. The topological polar surface area (TPSA) is 111 Å². The van der Waals surface area contributed by atoms with Gasteiger partial charge in [-0.05, 0) is 48.4 Å². The number of hydrogen-bond acceptors (Lipinski definition) is 7. The summed E-state index contributed by atoms with van der Waals surface area (Å²) in [6.07, 6.45) is -0.329. The van der Waals surface area contributed by atoms with E-state index in [1.165, 1.54) is 0 Å². The number of hydrogen-bond donors (Lipinski definition) is 2. The number of carbonyl (C=O) groups is 3. The summed E-state index contributed by atoms with van der Waals surface area (Å²) < 4.78 is 11.1. The Labute approximate surface area is 171 Å². The molecule has 3 amide bonds. The van der Waals surface area contributed by atoms with E-state index in [2.05, 4.69) is 5.32 Å². The first-order chi connectivity index (χ1) is 14.0. The minimum absolute atomic E-state index is 0.228. The van der Waals surface area contributed by atoms with Crippen LogP contribution in [0.5, 0.6) is 5.75 Å². The molecule has 0 bridgehead atoms. The van der Waals surface area contributed by atoms with Crippen molar-refractivity contribution in [3.8, 4) is 5.75 Å². The zero-order chi connectivity index (χ0) is 20.4. The lowest BCUT2D eigenvalue weighted by atomic mass is 10.1. The highest BCUT2D eigenvalue weighted by Gasteiger charge is 2.33. The summed E-state index contributed by atoms with van der Waals surface area (Å²) in [4.78, 5) is 36.5. The highest BCUT2D eigenvalue weighted by Crippen LogP contribution is 2.25. The summed E-state index contributed by atoms with van der Waals surface area (Å²) in [6, 6.07) is 14.3. The molecule has 8 nitrogen and oxygen atoms in total. The van der Waals surface area contributed by atoms with Gasteiger partial charge < -0.3 is 15.2 Å². The number of anilines is 2. The number of rotatable bonds is 6. The lowest BCUT2D eigenvalue weighted by Gasteiger charge is -2.13. The van der Waals surface area contributed by atoms with Crippen molar-refractivity contribution in [2.45, 2.75) is 17.8 Å². The van der Waals surface area contributed by atoms with Crippen molar-refractivity contribution in [3.63, 3.8) is 0 Å². The predicted molar refractivity (Wildman–Crippen MR) is 109 cm³/mol. The Morgan fingerprint density at radius 2 is 1.83 bits per heavy atom. The van der Waals surface area contributed by atoms with E-state index in [-0.39, 0.29) is 23.9 Å². The summed E-state index contributed by atoms with van der Waals surface area (Å²) in [5.41, 5.74) is 7.96. The third-order valence-corrected chi connectivity index (χ3v) is 5.61. The van der Waals surface area contributed by atoms with Crippen LogP contribution in [0, 0.1) is 0 Å². The molecule has 0 radical (unpaired) electrons. The highest BCUT2D eigenvalue weighted by atomic mass is 32.2. The van der Waals surface area contributed by atoms with Crippen molar-refractivity contribution >= 4 is 40.4 Å². The lowest BCUT2D eigenvalue weighted by molar-refractivity contribution is -0.118. The Morgan fingerprint density at radius 1 is 1.10 bits per heavy atom. The highest BCUT2D eigenvalue weighted by molar-refractivity contribution is 8.15. The SMILES string of the molecule is Nc1ccc(N2CC(COc3ccc(CC4SC(=O)NC4=O)cc3)OC2=O)cc1. The lowest BCUT2D eigenvalue weighted by Crippen LogP contribution is -2.26. The van der Waals surface area contributed by atoms with Crippen LogP contribution in [0.15, 0.2) is 48.5 Å². The number of nitrogens with one attached hydrogen (secondary N) is 1. The Kier molecular flexibility index (Phi) is 5.30. The number of amides is 3. The first kappa shape index (κ1) is 19.1. The standard InChI is InChI=1S/C20H19N3O5S/c21-13-3-5-14(6-4-13)23-10-16(28-20(23)26)11-27-15-7-1-12(2-8-15)9-17-18(24)22-19(25)29-17/h1-8,16-17H,9-11,21H2,(H,22,24,25). The Morgan fingerprint density at radius 3 is 2.48 bits per heavy atom. The number of ether oxygens (including phenoxy) is 2. The molecule has 0 spiro atoms. The minimum Gasteiger partial charge on any atom is -0.490 e. The third kappa shape index (κ3) is 4.45. The molecule has 2 atom stereocenters. The maximum atomic E-state index is 12.1. The number of nitrogens with zero attached hydrogens (tertiary/aromatic N) is 1. The van der Waals surface area contributed by atoms with E-state index in [1.54, 1.807) is 41.3 Å². The summed E-state index contributed by atoms with van der Waals surface area (Å²) in [7, 11) is 0. The first-order valence-electron chi connectivity index (χ1n) is 9.05. The zero-order valence-electron chi connectivity index (χ0n) is 15.4. The molecular formula is C20H19N3O5S. The monoisotopic (exact) mass is 413 g/mol. The van der Waals surface area contributed by atoms with Crippen LogP contribution in [0.1, 0.15) is 5.56 Å². The summed E-state index contributed by atoms with van der Waals surface area (Å²) >= 11 is 1.01. The molecule has 2 heterocycles. The zero-order valence-corrected chi connectivity index (χ0v) is 16.2. The van der Waals surface area contributed by atoms with Gasteiger partial charge in [-0.1, -0.05) is 23.9 Å². The van der Waals surface area contributed by atoms with Crippen molar-refractivity contribution in [2.75, 3.05) is 23.8 Å². The predicted octanol–water partition coefficient (Wildman–Crippen LogP) is 2.57. The second kappa shape index (κ2) is 8.04. The molecule has 3 N–H and O–H groups in total. The van der Waals surface area contributed by atoms with Gasteiger partial charge in [0.15, 0.2) is 6.10 Å². The van der Waals surface area contributed by atoms with Gasteiger partial charge in [0.1, 0.15) is 12.4 Å². The van der Waals surface area contributed by atoms with Crippen LogP contribution in [0.3, 0.4) is 0 Å².